The van der Waals surface area contributed by atoms with Crippen molar-refractivity contribution in [2.75, 3.05) is 38.2 Å². The van der Waals surface area contributed by atoms with E-state index in [1.165, 1.54) is 24.5 Å². The standard InChI is InChI=1S/C25H28N4O6/c1-17(30)23(25(33)28-34)27-24(32)20-9-7-18(8-10-20)5-6-19-3-2-4-21(15-19)26-22(31)16-29-11-13-35-14-12-29/h2-4,7-10,15,17,23,30,34H,11-14,16H2,1H3,(H,26,31)(H,27,32)(H,28,33). The number of rotatable bonds is 7. The number of amides is 3. The molecule has 0 spiro atoms. The van der Waals surface area contributed by atoms with Gasteiger partial charge in [-0.2, -0.15) is 0 Å². The Morgan fingerprint density at radius 2 is 1.74 bits per heavy atom. The highest BCUT2D eigenvalue weighted by molar-refractivity contribution is 5.97. The lowest BCUT2D eigenvalue weighted by molar-refractivity contribution is -0.133. The van der Waals surface area contributed by atoms with E-state index in [0.29, 0.717) is 36.6 Å². The Morgan fingerprint density at radius 3 is 2.40 bits per heavy atom. The van der Waals surface area contributed by atoms with Crippen molar-refractivity contribution >= 4 is 23.4 Å². The van der Waals surface area contributed by atoms with Crippen LogP contribution in [0.2, 0.25) is 0 Å². The number of anilines is 1. The second kappa shape index (κ2) is 12.6. The van der Waals surface area contributed by atoms with E-state index in [4.69, 9.17) is 9.94 Å². The van der Waals surface area contributed by atoms with Gasteiger partial charge in [0.1, 0.15) is 6.04 Å². The molecule has 0 bridgehead atoms. The number of nitrogens with zero attached hydrogens (tertiary/aromatic N) is 1. The van der Waals surface area contributed by atoms with Crippen molar-refractivity contribution in [3.05, 3.63) is 65.2 Å². The first kappa shape index (κ1) is 25.9. The second-order valence-corrected chi connectivity index (χ2v) is 8.01. The lowest BCUT2D eigenvalue weighted by Gasteiger charge is -2.25. The van der Waals surface area contributed by atoms with Crippen LogP contribution in [-0.4, -0.2) is 77.9 Å². The van der Waals surface area contributed by atoms with Crippen molar-refractivity contribution in [1.82, 2.24) is 15.7 Å². The molecule has 1 aliphatic heterocycles. The molecule has 2 atom stereocenters. The molecule has 10 heteroatoms. The van der Waals surface area contributed by atoms with Gasteiger partial charge in [0.05, 0.1) is 25.9 Å². The zero-order valence-corrected chi connectivity index (χ0v) is 19.3. The molecule has 1 heterocycles. The van der Waals surface area contributed by atoms with Gasteiger partial charge in [0.2, 0.25) is 5.91 Å². The highest BCUT2D eigenvalue weighted by atomic mass is 16.5. The summed E-state index contributed by atoms with van der Waals surface area (Å²) in [6.45, 7) is 4.36. The molecular weight excluding hydrogens is 452 g/mol. The molecule has 0 aromatic heterocycles. The van der Waals surface area contributed by atoms with Crippen molar-refractivity contribution in [1.29, 1.82) is 0 Å². The first-order chi connectivity index (χ1) is 16.9. The topological polar surface area (TPSA) is 140 Å². The Morgan fingerprint density at radius 1 is 1.06 bits per heavy atom. The Labute approximate surface area is 203 Å². The summed E-state index contributed by atoms with van der Waals surface area (Å²) in [5, 5.41) is 23.6. The van der Waals surface area contributed by atoms with Gasteiger partial charge in [-0.15, -0.1) is 0 Å². The average molecular weight is 481 g/mol. The van der Waals surface area contributed by atoms with Crippen LogP contribution < -0.4 is 16.1 Å². The van der Waals surface area contributed by atoms with Crippen molar-refractivity contribution in [3.8, 4) is 11.8 Å². The minimum atomic E-state index is -1.30. The monoisotopic (exact) mass is 480 g/mol. The summed E-state index contributed by atoms with van der Waals surface area (Å²) >= 11 is 0. The van der Waals surface area contributed by atoms with Crippen LogP contribution in [0.5, 0.6) is 0 Å². The van der Waals surface area contributed by atoms with Crippen molar-refractivity contribution in [3.63, 3.8) is 0 Å². The number of carbonyl (C=O) groups is 3. The number of aliphatic hydroxyl groups is 1. The van der Waals surface area contributed by atoms with Gasteiger partial charge in [0.15, 0.2) is 0 Å². The number of morpholine rings is 1. The summed E-state index contributed by atoms with van der Waals surface area (Å²) < 4.78 is 5.29. The summed E-state index contributed by atoms with van der Waals surface area (Å²) in [5.74, 6) is 4.44. The fraction of sp³-hybridized carbons (Fsp3) is 0.320. The summed E-state index contributed by atoms with van der Waals surface area (Å²) in [5.41, 5.74) is 3.70. The molecule has 0 aliphatic carbocycles. The third-order valence-electron chi connectivity index (χ3n) is 5.28. The predicted molar refractivity (Wildman–Crippen MR) is 128 cm³/mol. The van der Waals surface area contributed by atoms with E-state index in [0.717, 1.165) is 13.1 Å². The van der Waals surface area contributed by atoms with Crippen molar-refractivity contribution < 1.29 is 29.4 Å². The third-order valence-corrected chi connectivity index (χ3v) is 5.28. The van der Waals surface area contributed by atoms with Crippen LogP contribution in [0.4, 0.5) is 5.69 Å². The fourth-order valence-corrected chi connectivity index (χ4v) is 3.39. The van der Waals surface area contributed by atoms with Crippen LogP contribution in [0.15, 0.2) is 48.5 Å². The molecule has 1 aliphatic rings. The molecule has 2 aromatic carbocycles. The van der Waals surface area contributed by atoms with E-state index in [1.807, 2.05) is 17.0 Å². The Hall–Kier alpha value is -3.75. The van der Waals surface area contributed by atoms with E-state index < -0.39 is 24.0 Å². The molecule has 35 heavy (non-hydrogen) atoms. The van der Waals surface area contributed by atoms with Crippen LogP contribution >= 0.6 is 0 Å². The van der Waals surface area contributed by atoms with E-state index in [1.54, 1.807) is 24.3 Å². The molecule has 1 fully saturated rings. The minimum absolute atomic E-state index is 0.0971. The quantitative estimate of drug-likeness (QED) is 0.219. The average Bonchev–Trinajstić information content (AvgIpc) is 2.86. The second-order valence-electron chi connectivity index (χ2n) is 8.01. The normalized spacial score (nSPS) is 15.2. The maximum Gasteiger partial charge on any atom is 0.268 e. The zero-order valence-electron chi connectivity index (χ0n) is 19.3. The Kier molecular flexibility index (Phi) is 9.34. The maximum atomic E-state index is 12.4. The van der Waals surface area contributed by atoms with Crippen LogP contribution in [0.1, 0.15) is 28.4 Å². The van der Waals surface area contributed by atoms with Gasteiger partial charge in [0.25, 0.3) is 11.8 Å². The van der Waals surface area contributed by atoms with E-state index in [-0.39, 0.29) is 11.5 Å². The first-order valence-corrected chi connectivity index (χ1v) is 11.1. The van der Waals surface area contributed by atoms with Gasteiger partial charge < -0.3 is 20.5 Å². The predicted octanol–water partition coefficient (Wildman–Crippen LogP) is 0.342. The number of hydroxylamine groups is 1. The number of hydrogen-bond acceptors (Lipinski definition) is 7. The van der Waals surface area contributed by atoms with Gasteiger partial charge in [-0.3, -0.25) is 24.5 Å². The van der Waals surface area contributed by atoms with Gasteiger partial charge in [-0.05, 0) is 49.4 Å². The summed E-state index contributed by atoms with van der Waals surface area (Å²) in [4.78, 5) is 38.3. The number of nitrogens with one attached hydrogen (secondary N) is 3. The van der Waals surface area contributed by atoms with Gasteiger partial charge in [-0.25, -0.2) is 5.48 Å². The fourth-order valence-electron chi connectivity index (χ4n) is 3.39. The van der Waals surface area contributed by atoms with Crippen LogP contribution in [0, 0.1) is 11.8 Å². The highest BCUT2D eigenvalue weighted by Gasteiger charge is 2.25. The van der Waals surface area contributed by atoms with E-state index >= 15 is 0 Å². The molecule has 10 nitrogen and oxygen atoms in total. The Balaban J connectivity index is 1.59. The number of carbonyl (C=O) groups excluding carboxylic acids is 3. The third kappa shape index (κ3) is 7.91. The molecule has 5 N–H and O–H groups in total. The Bertz CT molecular complexity index is 1100. The first-order valence-electron chi connectivity index (χ1n) is 11.1. The van der Waals surface area contributed by atoms with Crippen molar-refractivity contribution in [2.24, 2.45) is 0 Å². The largest absolute Gasteiger partial charge is 0.391 e. The summed E-state index contributed by atoms with van der Waals surface area (Å²) in [6.07, 6.45) is -1.20. The lowest BCUT2D eigenvalue weighted by atomic mass is 10.1. The molecule has 0 radical (unpaired) electrons. The molecule has 3 amide bonds. The van der Waals surface area contributed by atoms with Gasteiger partial charge >= 0.3 is 0 Å². The molecule has 2 aromatic rings. The minimum Gasteiger partial charge on any atom is -0.391 e. The summed E-state index contributed by atoms with van der Waals surface area (Å²) in [6, 6.07) is 12.3. The molecule has 0 saturated carbocycles. The number of ether oxygens (including phenoxy) is 1. The van der Waals surface area contributed by atoms with Gasteiger partial charge in [-0.1, -0.05) is 17.9 Å². The summed E-state index contributed by atoms with van der Waals surface area (Å²) in [7, 11) is 0. The number of aliphatic hydroxyl groups excluding tert-OH is 1. The van der Waals surface area contributed by atoms with E-state index in [9.17, 15) is 19.5 Å². The molecule has 3 rings (SSSR count). The molecular formula is C25H28N4O6. The van der Waals surface area contributed by atoms with Crippen molar-refractivity contribution in [2.45, 2.75) is 19.1 Å². The number of benzene rings is 2. The van der Waals surface area contributed by atoms with Crippen LogP contribution in [0.3, 0.4) is 0 Å². The van der Waals surface area contributed by atoms with Crippen LogP contribution in [-0.2, 0) is 14.3 Å². The molecule has 2 unspecified atom stereocenters. The SMILES string of the molecule is CC(O)C(NC(=O)c1ccc(C#Cc2cccc(NC(=O)CN3CCOCC3)c2)cc1)C(=O)NO. The van der Waals surface area contributed by atoms with E-state index in [2.05, 4.69) is 22.5 Å². The molecule has 1 saturated heterocycles. The maximum absolute atomic E-state index is 12.4. The highest BCUT2D eigenvalue weighted by Crippen LogP contribution is 2.11. The van der Waals surface area contributed by atoms with Gasteiger partial charge in [0, 0.05) is 35.5 Å². The zero-order chi connectivity index (χ0) is 25.2. The number of hydrogen-bond donors (Lipinski definition) is 5. The lowest BCUT2D eigenvalue weighted by Crippen LogP contribution is -2.51. The molecule has 184 valence electrons. The smallest absolute Gasteiger partial charge is 0.268 e. The van der Waals surface area contributed by atoms with Crippen LogP contribution in [0.25, 0.3) is 0 Å².